The van der Waals surface area contributed by atoms with Crippen molar-refractivity contribution in [2.75, 3.05) is 37.8 Å². The van der Waals surface area contributed by atoms with Crippen LogP contribution in [0.2, 0.25) is 0 Å². The summed E-state index contributed by atoms with van der Waals surface area (Å²) >= 11 is 1.29. The summed E-state index contributed by atoms with van der Waals surface area (Å²) in [5.74, 6) is -3.17. The number of fused-ring (bicyclic) bond motifs is 1. The molecule has 36 heavy (non-hydrogen) atoms. The van der Waals surface area contributed by atoms with E-state index in [9.17, 15) is 22.4 Å². The number of sulfonamides is 1. The predicted molar refractivity (Wildman–Crippen MR) is 137 cm³/mol. The van der Waals surface area contributed by atoms with Crippen molar-refractivity contribution in [1.29, 1.82) is 0 Å². The summed E-state index contributed by atoms with van der Waals surface area (Å²) in [5.41, 5.74) is 0.543. The fourth-order valence-electron chi connectivity index (χ4n) is 4.72. The van der Waals surface area contributed by atoms with Crippen LogP contribution >= 0.6 is 11.8 Å². The fourth-order valence-corrected chi connectivity index (χ4v) is 6.83. The molecule has 0 bridgehead atoms. The van der Waals surface area contributed by atoms with E-state index in [0.717, 1.165) is 12.8 Å². The van der Waals surface area contributed by atoms with Crippen LogP contribution in [-0.2, 0) is 19.6 Å². The highest BCUT2D eigenvalue weighted by Crippen LogP contribution is 2.42. The van der Waals surface area contributed by atoms with E-state index in [-0.39, 0.29) is 28.6 Å². The molecule has 1 amide bonds. The van der Waals surface area contributed by atoms with Crippen LogP contribution in [0, 0.1) is 0 Å². The maximum Gasteiger partial charge on any atom is 0.368 e. The van der Waals surface area contributed by atoms with Gasteiger partial charge < -0.3 is 19.6 Å². The molecule has 1 atom stereocenters. The van der Waals surface area contributed by atoms with Crippen molar-refractivity contribution in [2.45, 2.75) is 67.8 Å². The third kappa shape index (κ3) is 5.97. The van der Waals surface area contributed by atoms with E-state index < -0.39 is 21.8 Å². The molecule has 2 heterocycles. The number of likely N-dealkylation sites (tertiary alicyclic amines) is 1. The first-order valence-corrected chi connectivity index (χ1v) is 14.7. The molecule has 1 aromatic carbocycles. The number of carboxylic acids is 1. The number of amides is 1. The summed E-state index contributed by atoms with van der Waals surface area (Å²) in [7, 11) is -2.35. The van der Waals surface area contributed by atoms with Crippen molar-refractivity contribution < 1.29 is 32.2 Å². The summed E-state index contributed by atoms with van der Waals surface area (Å²) in [5, 5.41) is 8.80. The second-order valence-corrected chi connectivity index (χ2v) is 11.9. The van der Waals surface area contributed by atoms with Gasteiger partial charge in [0, 0.05) is 51.8 Å². The van der Waals surface area contributed by atoms with Gasteiger partial charge >= 0.3 is 5.97 Å². The molecule has 1 N–H and O–H groups in total. The molecule has 200 valence electrons. The number of carbonyl (C=O) groups excluding carboxylic acids is 1. The molecule has 0 radical (unpaired) electrons. The quantitative estimate of drug-likeness (QED) is 0.301. The number of aliphatic carboxylic acids is 1. The largest absolute Gasteiger partial charge is 0.476 e. The zero-order valence-corrected chi connectivity index (χ0v) is 22.7. The van der Waals surface area contributed by atoms with Crippen LogP contribution in [0.15, 0.2) is 34.0 Å². The number of anilines is 1. The Kier molecular flexibility index (Phi) is 9.28. The number of carboxylic acid groups (broad SMARTS) is 1. The molecule has 0 spiro atoms. The molecule has 2 aliphatic heterocycles. The lowest BCUT2D eigenvalue weighted by Crippen LogP contribution is -2.50. The highest BCUT2D eigenvalue weighted by Gasteiger charge is 2.40. The molecule has 3 rings (SSSR count). The number of likely N-dealkylation sites (N-methyl/N-ethyl adjacent to an activating group) is 1. The van der Waals surface area contributed by atoms with Gasteiger partial charge in [-0.3, -0.25) is 4.79 Å². The highest BCUT2D eigenvalue weighted by atomic mass is 32.2. The smallest absolute Gasteiger partial charge is 0.368 e. The second kappa shape index (κ2) is 11.8. The minimum Gasteiger partial charge on any atom is -0.476 e. The first-order chi connectivity index (χ1) is 17.0. The Morgan fingerprint density at radius 2 is 1.94 bits per heavy atom. The van der Waals surface area contributed by atoms with E-state index in [1.54, 1.807) is 31.2 Å². The Hall–Kier alpha value is -2.31. The molecule has 9 nitrogen and oxygen atoms in total. The summed E-state index contributed by atoms with van der Waals surface area (Å²) < 4.78 is 47.8. The topological polar surface area (TPSA) is 107 Å². The van der Waals surface area contributed by atoms with Crippen LogP contribution in [0.1, 0.15) is 46.0 Å². The fraction of sp³-hybridized carbons (Fsp3) is 0.583. The van der Waals surface area contributed by atoms with Crippen LogP contribution in [0.25, 0.3) is 0 Å². The molecular formula is C24H34FN3O6S2. The van der Waals surface area contributed by atoms with Gasteiger partial charge in [0.15, 0.2) is 0 Å². The monoisotopic (exact) mass is 543 g/mol. The molecule has 0 aromatic heterocycles. The van der Waals surface area contributed by atoms with Gasteiger partial charge in [-0.25, -0.2) is 13.2 Å². The molecule has 2 aliphatic rings. The van der Waals surface area contributed by atoms with E-state index in [0.29, 0.717) is 55.7 Å². The lowest BCUT2D eigenvalue weighted by molar-refractivity contribution is -0.134. The number of unbranched alkanes of at least 4 members (excludes halogenated alkanes) is 1. The van der Waals surface area contributed by atoms with Gasteiger partial charge in [-0.1, -0.05) is 19.8 Å². The van der Waals surface area contributed by atoms with E-state index in [2.05, 4.69) is 11.8 Å². The number of carbonyl (C=O) groups is 2. The minimum atomic E-state index is -3.93. The third-order valence-corrected chi connectivity index (χ3v) is 9.57. The Morgan fingerprint density at radius 1 is 1.28 bits per heavy atom. The maximum absolute atomic E-state index is 13.8. The molecule has 1 unspecified atom stereocenters. The van der Waals surface area contributed by atoms with Gasteiger partial charge in [0.2, 0.25) is 21.8 Å². The number of halogens is 1. The van der Waals surface area contributed by atoms with Gasteiger partial charge in [-0.2, -0.15) is 8.70 Å². The average molecular weight is 544 g/mol. The van der Waals surface area contributed by atoms with Gasteiger partial charge in [-0.05, 0) is 31.6 Å². The summed E-state index contributed by atoms with van der Waals surface area (Å²) in [6, 6.07) is 2.88. The SMILES string of the molecule is CCCCC1CN(C2CCN(C(C)=O)CC2)c2cc(SC)c(O/C=C(\F)C(=O)O)cc2S(=O)(=O)N1C. The normalized spacial score (nSPS) is 21.1. The molecule has 1 fully saturated rings. The second-order valence-electron chi connectivity index (χ2n) is 9.07. The van der Waals surface area contributed by atoms with E-state index >= 15 is 0 Å². The van der Waals surface area contributed by atoms with Gasteiger partial charge in [0.25, 0.3) is 0 Å². The van der Waals surface area contributed by atoms with Crippen molar-refractivity contribution in [1.82, 2.24) is 9.21 Å². The zero-order valence-electron chi connectivity index (χ0n) is 21.1. The molecular weight excluding hydrogens is 509 g/mol. The average Bonchev–Trinajstić information content (AvgIpc) is 2.93. The van der Waals surface area contributed by atoms with Crippen LogP contribution in [0.3, 0.4) is 0 Å². The first-order valence-electron chi connectivity index (χ1n) is 12.0. The molecule has 12 heteroatoms. The molecule has 0 saturated carbocycles. The Labute approximate surface area is 216 Å². The van der Waals surface area contributed by atoms with Gasteiger partial charge in [0.1, 0.15) is 16.9 Å². The summed E-state index contributed by atoms with van der Waals surface area (Å²) in [6.07, 6.45) is 6.18. The van der Waals surface area contributed by atoms with Crippen molar-refractivity contribution in [3.05, 3.63) is 24.2 Å². The summed E-state index contributed by atoms with van der Waals surface area (Å²) in [4.78, 5) is 27.2. The molecule has 1 aromatic rings. The molecule has 0 aliphatic carbocycles. The van der Waals surface area contributed by atoms with Gasteiger partial charge in [-0.15, -0.1) is 11.8 Å². The van der Waals surface area contributed by atoms with E-state index in [1.165, 1.54) is 22.1 Å². The van der Waals surface area contributed by atoms with Crippen LogP contribution < -0.4 is 9.64 Å². The van der Waals surface area contributed by atoms with Crippen molar-refractivity contribution in [3.8, 4) is 5.75 Å². The third-order valence-electron chi connectivity index (χ3n) is 6.87. The van der Waals surface area contributed by atoms with Crippen molar-refractivity contribution >= 4 is 39.3 Å². The number of piperidine rings is 1. The minimum absolute atomic E-state index is 0.0287. The molecule has 1 saturated heterocycles. The lowest BCUT2D eigenvalue weighted by Gasteiger charge is -2.40. The number of rotatable bonds is 8. The Balaban J connectivity index is 2.11. The standard InChI is InChI=1S/C24H34FN3O6S2/c1-5-6-7-18-14-28(17-8-10-27(11-9-17)16(2)29)20-12-22(35-4)21(34-15-19(25)24(30)31)13-23(20)36(32,33)26(18)3/h12-13,15,17-18H,5-11,14H2,1-4H3,(H,30,31)/b19-15-. The number of benzene rings is 1. The van der Waals surface area contributed by atoms with Gasteiger partial charge in [0.05, 0.1) is 10.6 Å². The van der Waals surface area contributed by atoms with Crippen LogP contribution in [0.4, 0.5) is 10.1 Å². The van der Waals surface area contributed by atoms with E-state index in [4.69, 9.17) is 9.84 Å². The lowest BCUT2D eigenvalue weighted by atomic mass is 10.00. The Bertz CT molecular complexity index is 1120. The first kappa shape index (κ1) is 28.3. The van der Waals surface area contributed by atoms with Crippen molar-refractivity contribution in [2.24, 2.45) is 0 Å². The number of nitrogens with zero attached hydrogens (tertiary/aromatic N) is 3. The number of hydrogen-bond donors (Lipinski definition) is 1. The predicted octanol–water partition coefficient (Wildman–Crippen LogP) is 3.69. The number of thioether (sulfide) groups is 1. The number of hydrogen-bond acceptors (Lipinski definition) is 7. The Morgan fingerprint density at radius 3 is 2.50 bits per heavy atom. The van der Waals surface area contributed by atoms with Crippen LogP contribution in [0.5, 0.6) is 5.75 Å². The maximum atomic E-state index is 13.8. The van der Waals surface area contributed by atoms with E-state index in [1.807, 2.05) is 0 Å². The number of ether oxygens (including phenoxy) is 1. The zero-order chi connectivity index (χ0) is 26.6. The van der Waals surface area contributed by atoms with Crippen LogP contribution in [-0.4, -0.2) is 79.6 Å². The summed E-state index contributed by atoms with van der Waals surface area (Å²) in [6.45, 7) is 5.33. The van der Waals surface area contributed by atoms with Crippen molar-refractivity contribution in [3.63, 3.8) is 0 Å². The highest BCUT2D eigenvalue weighted by molar-refractivity contribution is 7.98.